The van der Waals surface area contributed by atoms with E-state index in [0.717, 1.165) is 0 Å². The lowest BCUT2D eigenvalue weighted by Crippen LogP contribution is -2.13. The third-order valence-electron chi connectivity index (χ3n) is 3.22. The molecule has 1 amide bonds. The number of carbonyl (C=O) groups is 1. The van der Waals surface area contributed by atoms with Crippen molar-refractivity contribution in [2.24, 2.45) is 12.8 Å². The third kappa shape index (κ3) is 3.11. The quantitative estimate of drug-likeness (QED) is 0.766. The summed E-state index contributed by atoms with van der Waals surface area (Å²) in [6.07, 6.45) is 4.53. The van der Waals surface area contributed by atoms with Crippen LogP contribution in [0, 0.1) is 5.82 Å². The van der Waals surface area contributed by atoms with E-state index in [0.29, 0.717) is 16.8 Å². The Morgan fingerprint density at radius 3 is 2.96 bits per heavy atom. The Bertz CT molecular complexity index is 855. The molecule has 0 atom stereocenters. The van der Waals surface area contributed by atoms with E-state index in [2.05, 4.69) is 15.4 Å². The fourth-order valence-corrected chi connectivity index (χ4v) is 2.03. The minimum absolute atomic E-state index is 0.0900. The first kappa shape index (κ1) is 14.9. The molecular weight excluding hydrogens is 301 g/mol. The number of amides is 1. The number of aromatic nitrogens is 3. The first-order chi connectivity index (χ1) is 11.1. The van der Waals surface area contributed by atoms with Crippen LogP contribution < -0.4 is 11.1 Å². The summed E-state index contributed by atoms with van der Waals surface area (Å²) in [5.74, 6) is -0.682. The van der Waals surface area contributed by atoms with Crippen LogP contribution >= 0.6 is 0 Å². The molecule has 0 aliphatic rings. The number of hydrogen-bond donors (Lipinski definition) is 2. The molecule has 8 heteroatoms. The summed E-state index contributed by atoms with van der Waals surface area (Å²) in [4.78, 5) is 16.2. The second-order valence-corrected chi connectivity index (χ2v) is 4.91. The first-order valence-corrected chi connectivity index (χ1v) is 6.81. The SMILES string of the molecule is Cn1cc(-c2nc(C(=O)Nc3ccc(CN)c(F)c3)co2)cn1. The Morgan fingerprint density at radius 2 is 2.30 bits per heavy atom. The summed E-state index contributed by atoms with van der Waals surface area (Å²) in [6, 6.07) is 4.31. The van der Waals surface area contributed by atoms with E-state index in [1.54, 1.807) is 30.2 Å². The summed E-state index contributed by atoms with van der Waals surface area (Å²) in [5.41, 5.74) is 6.84. The van der Waals surface area contributed by atoms with Crippen LogP contribution in [0.3, 0.4) is 0 Å². The predicted octanol–water partition coefficient (Wildman–Crippen LogP) is 1.93. The van der Waals surface area contributed by atoms with Gasteiger partial charge in [-0.05, 0) is 12.1 Å². The minimum Gasteiger partial charge on any atom is -0.444 e. The molecule has 3 aromatic rings. The molecular formula is C15H14FN5O2. The molecule has 0 saturated heterocycles. The number of halogens is 1. The predicted molar refractivity (Wildman–Crippen MR) is 80.9 cm³/mol. The second-order valence-electron chi connectivity index (χ2n) is 4.91. The van der Waals surface area contributed by atoms with Gasteiger partial charge in [0.1, 0.15) is 12.1 Å². The van der Waals surface area contributed by atoms with E-state index in [4.69, 9.17) is 10.2 Å². The Morgan fingerprint density at radius 1 is 1.48 bits per heavy atom. The maximum Gasteiger partial charge on any atom is 0.277 e. The molecule has 7 nitrogen and oxygen atoms in total. The van der Waals surface area contributed by atoms with Crippen LogP contribution in [-0.4, -0.2) is 20.7 Å². The van der Waals surface area contributed by atoms with Gasteiger partial charge in [0.25, 0.3) is 5.91 Å². The van der Waals surface area contributed by atoms with Gasteiger partial charge in [0.2, 0.25) is 5.89 Å². The molecule has 2 heterocycles. The van der Waals surface area contributed by atoms with Crippen molar-refractivity contribution in [1.82, 2.24) is 14.8 Å². The van der Waals surface area contributed by atoms with Gasteiger partial charge in [-0.2, -0.15) is 5.10 Å². The summed E-state index contributed by atoms with van der Waals surface area (Å²) in [6.45, 7) is 0.0951. The molecule has 1 aromatic carbocycles. The van der Waals surface area contributed by atoms with Crippen molar-refractivity contribution in [1.29, 1.82) is 0 Å². The van der Waals surface area contributed by atoms with Crippen molar-refractivity contribution >= 4 is 11.6 Å². The zero-order valence-electron chi connectivity index (χ0n) is 12.3. The van der Waals surface area contributed by atoms with E-state index in [1.165, 1.54) is 18.4 Å². The van der Waals surface area contributed by atoms with E-state index in [-0.39, 0.29) is 18.1 Å². The van der Waals surface area contributed by atoms with Gasteiger partial charge in [0, 0.05) is 31.0 Å². The molecule has 23 heavy (non-hydrogen) atoms. The van der Waals surface area contributed by atoms with Gasteiger partial charge in [0.05, 0.1) is 11.8 Å². The number of hydrogen-bond acceptors (Lipinski definition) is 5. The number of oxazole rings is 1. The Kier molecular flexibility index (Phi) is 3.90. The summed E-state index contributed by atoms with van der Waals surface area (Å²) in [7, 11) is 1.76. The second kappa shape index (κ2) is 6.01. The maximum atomic E-state index is 13.7. The van der Waals surface area contributed by atoms with Crippen LogP contribution in [0.2, 0.25) is 0 Å². The van der Waals surface area contributed by atoms with Crippen molar-refractivity contribution in [3.8, 4) is 11.5 Å². The monoisotopic (exact) mass is 315 g/mol. The molecule has 0 unspecified atom stereocenters. The average Bonchev–Trinajstić information content (AvgIpc) is 3.16. The standard InChI is InChI=1S/C15H14FN5O2/c1-21-7-10(6-18-21)15-20-13(8-23-15)14(22)19-11-3-2-9(5-17)12(16)4-11/h2-4,6-8H,5,17H2,1H3,(H,19,22). The number of nitrogens with zero attached hydrogens (tertiary/aromatic N) is 3. The number of rotatable bonds is 4. The Balaban J connectivity index is 1.76. The first-order valence-electron chi connectivity index (χ1n) is 6.81. The van der Waals surface area contributed by atoms with Gasteiger partial charge in [-0.15, -0.1) is 0 Å². The summed E-state index contributed by atoms with van der Waals surface area (Å²) in [5, 5.41) is 6.56. The van der Waals surface area contributed by atoms with Gasteiger partial charge in [-0.3, -0.25) is 9.48 Å². The molecule has 118 valence electrons. The van der Waals surface area contributed by atoms with Gasteiger partial charge in [-0.25, -0.2) is 9.37 Å². The average molecular weight is 315 g/mol. The lowest BCUT2D eigenvalue weighted by Gasteiger charge is -2.05. The number of anilines is 1. The van der Waals surface area contributed by atoms with E-state index in [1.807, 2.05) is 0 Å². The maximum absolute atomic E-state index is 13.7. The number of benzene rings is 1. The third-order valence-corrected chi connectivity index (χ3v) is 3.22. The molecule has 2 aromatic heterocycles. The highest BCUT2D eigenvalue weighted by Crippen LogP contribution is 2.19. The number of carbonyl (C=O) groups excluding carboxylic acids is 1. The molecule has 0 spiro atoms. The number of nitrogens with one attached hydrogen (secondary N) is 1. The van der Waals surface area contributed by atoms with Crippen molar-refractivity contribution < 1.29 is 13.6 Å². The van der Waals surface area contributed by atoms with E-state index in [9.17, 15) is 9.18 Å². The molecule has 0 fully saturated rings. The molecule has 0 aliphatic heterocycles. The fourth-order valence-electron chi connectivity index (χ4n) is 2.03. The van der Waals surface area contributed by atoms with E-state index >= 15 is 0 Å². The van der Waals surface area contributed by atoms with Crippen LogP contribution in [0.25, 0.3) is 11.5 Å². The number of aryl methyl sites for hydroxylation is 1. The normalized spacial score (nSPS) is 10.7. The smallest absolute Gasteiger partial charge is 0.277 e. The van der Waals surface area contributed by atoms with Crippen LogP contribution in [-0.2, 0) is 13.6 Å². The molecule has 0 aliphatic carbocycles. The molecule has 0 saturated carbocycles. The number of nitrogens with two attached hydrogens (primary N) is 1. The van der Waals surface area contributed by atoms with Gasteiger partial charge >= 0.3 is 0 Å². The van der Waals surface area contributed by atoms with Crippen LogP contribution in [0.4, 0.5) is 10.1 Å². The molecule has 0 bridgehead atoms. The Labute approximate surface area is 130 Å². The van der Waals surface area contributed by atoms with Crippen LogP contribution in [0.5, 0.6) is 0 Å². The highest BCUT2D eigenvalue weighted by atomic mass is 19.1. The zero-order chi connectivity index (χ0) is 16.4. The lowest BCUT2D eigenvalue weighted by molar-refractivity contribution is 0.102. The molecule has 3 N–H and O–H groups in total. The molecule has 0 radical (unpaired) electrons. The topological polar surface area (TPSA) is 99.0 Å². The fraction of sp³-hybridized carbons (Fsp3) is 0.133. The zero-order valence-corrected chi connectivity index (χ0v) is 12.3. The Hall–Kier alpha value is -3.00. The molecule has 3 rings (SSSR count). The lowest BCUT2D eigenvalue weighted by atomic mass is 10.2. The summed E-state index contributed by atoms with van der Waals surface area (Å²) < 4.78 is 20.5. The van der Waals surface area contributed by atoms with E-state index < -0.39 is 11.7 Å². The van der Waals surface area contributed by atoms with Crippen molar-refractivity contribution in [3.63, 3.8) is 0 Å². The van der Waals surface area contributed by atoms with Gasteiger partial charge < -0.3 is 15.5 Å². The van der Waals surface area contributed by atoms with Crippen molar-refractivity contribution in [2.75, 3.05) is 5.32 Å². The van der Waals surface area contributed by atoms with Crippen molar-refractivity contribution in [2.45, 2.75) is 6.54 Å². The van der Waals surface area contributed by atoms with Gasteiger partial charge in [0.15, 0.2) is 5.69 Å². The van der Waals surface area contributed by atoms with Gasteiger partial charge in [-0.1, -0.05) is 6.07 Å². The minimum atomic E-state index is -0.496. The largest absolute Gasteiger partial charge is 0.444 e. The highest BCUT2D eigenvalue weighted by Gasteiger charge is 2.15. The summed E-state index contributed by atoms with van der Waals surface area (Å²) >= 11 is 0. The highest BCUT2D eigenvalue weighted by molar-refractivity contribution is 6.02. The van der Waals surface area contributed by atoms with Crippen molar-refractivity contribution in [3.05, 3.63) is 53.9 Å². The van der Waals surface area contributed by atoms with Crippen LogP contribution in [0.1, 0.15) is 16.1 Å². The van der Waals surface area contributed by atoms with Crippen LogP contribution in [0.15, 0.2) is 41.3 Å².